The van der Waals surface area contributed by atoms with E-state index in [4.69, 9.17) is 0 Å². The lowest BCUT2D eigenvalue weighted by Crippen LogP contribution is -2.31. The second kappa shape index (κ2) is 7.95. The summed E-state index contributed by atoms with van der Waals surface area (Å²) in [6.45, 7) is 5.04. The van der Waals surface area contributed by atoms with Gasteiger partial charge >= 0.3 is 0 Å². The summed E-state index contributed by atoms with van der Waals surface area (Å²) in [5.74, 6) is 0.706. The second-order valence-electron chi connectivity index (χ2n) is 4.84. The molecule has 0 aliphatic rings. The number of halogens is 2. The van der Waals surface area contributed by atoms with E-state index in [-0.39, 0.29) is 5.91 Å². The van der Waals surface area contributed by atoms with Gasteiger partial charge in [0.1, 0.15) is 0 Å². The highest BCUT2D eigenvalue weighted by Gasteiger charge is 2.09. The van der Waals surface area contributed by atoms with E-state index >= 15 is 0 Å². The van der Waals surface area contributed by atoms with Crippen LogP contribution in [0, 0.1) is 5.92 Å². The van der Waals surface area contributed by atoms with Crippen molar-refractivity contribution < 1.29 is 4.79 Å². The van der Waals surface area contributed by atoms with Gasteiger partial charge in [0.2, 0.25) is 5.91 Å². The van der Waals surface area contributed by atoms with Crippen LogP contribution in [0.1, 0.15) is 25.8 Å². The minimum atomic E-state index is 0.0707. The zero-order chi connectivity index (χ0) is 13.5. The molecule has 0 aliphatic heterocycles. The van der Waals surface area contributed by atoms with Crippen molar-refractivity contribution in [2.45, 2.75) is 31.5 Å². The van der Waals surface area contributed by atoms with Crippen LogP contribution in [-0.4, -0.2) is 17.3 Å². The van der Waals surface area contributed by atoms with Crippen LogP contribution >= 0.6 is 31.9 Å². The standard InChI is InChI=1S/C14H19Br2NO/c1-10(2)6-13(16)9-17-14(18)8-11-4-3-5-12(15)7-11/h3-5,7,10,13H,6,8-9H2,1-2H3,(H,17,18). The number of carbonyl (C=O) groups excluding carboxylic acids is 1. The smallest absolute Gasteiger partial charge is 0.224 e. The van der Waals surface area contributed by atoms with Crippen molar-refractivity contribution in [1.82, 2.24) is 5.32 Å². The number of carbonyl (C=O) groups is 1. The summed E-state index contributed by atoms with van der Waals surface area (Å²) in [6, 6.07) is 7.83. The summed E-state index contributed by atoms with van der Waals surface area (Å²) in [6.07, 6.45) is 1.50. The Balaban J connectivity index is 2.34. The molecule has 0 aromatic heterocycles. The number of rotatable bonds is 6. The third-order valence-corrected chi connectivity index (χ3v) is 3.69. The third kappa shape index (κ3) is 6.55. The Labute approximate surface area is 126 Å². The van der Waals surface area contributed by atoms with Crippen molar-refractivity contribution in [1.29, 1.82) is 0 Å². The van der Waals surface area contributed by atoms with E-state index in [0.717, 1.165) is 16.5 Å². The van der Waals surface area contributed by atoms with Crippen LogP contribution in [-0.2, 0) is 11.2 Å². The van der Waals surface area contributed by atoms with Gasteiger partial charge < -0.3 is 5.32 Å². The molecular weight excluding hydrogens is 358 g/mol. The SMILES string of the molecule is CC(C)CC(Br)CNC(=O)Cc1cccc(Br)c1. The molecule has 0 aliphatic carbocycles. The Morgan fingerprint density at radius 2 is 2.11 bits per heavy atom. The zero-order valence-corrected chi connectivity index (χ0v) is 13.9. The van der Waals surface area contributed by atoms with Gasteiger partial charge in [0.15, 0.2) is 0 Å². The quantitative estimate of drug-likeness (QED) is 0.749. The van der Waals surface area contributed by atoms with E-state index in [2.05, 4.69) is 51.0 Å². The molecule has 1 atom stereocenters. The summed E-state index contributed by atoms with van der Waals surface area (Å²) in [4.78, 5) is 12.1. The van der Waals surface area contributed by atoms with E-state index in [9.17, 15) is 4.79 Å². The first-order valence-corrected chi connectivity index (χ1v) is 7.83. The maximum Gasteiger partial charge on any atom is 0.224 e. The molecule has 0 heterocycles. The molecule has 0 bridgehead atoms. The number of benzene rings is 1. The van der Waals surface area contributed by atoms with Gasteiger partial charge in [0.25, 0.3) is 0 Å². The fourth-order valence-corrected chi connectivity index (χ4v) is 3.07. The summed E-state index contributed by atoms with van der Waals surface area (Å²) in [7, 11) is 0. The summed E-state index contributed by atoms with van der Waals surface area (Å²) < 4.78 is 1.01. The first-order valence-electron chi connectivity index (χ1n) is 6.12. The average Bonchev–Trinajstić information content (AvgIpc) is 2.25. The molecule has 1 aromatic rings. The van der Waals surface area contributed by atoms with Gasteiger partial charge in [-0.15, -0.1) is 0 Å². The van der Waals surface area contributed by atoms with E-state index in [1.54, 1.807) is 0 Å². The van der Waals surface area contributed by atoms with Crippen LogP contribution in [0.25, 0.3) is 0 Å². The molecule has 1 unspecified atom stereocenters. The molecule has 1 rings (SSSR count). The van der Waals surface area contributed by atoms with Crippen LogP contribution in [0.2, 0.25) is 0 Å². The minimum absolute atomic E-state index is 0.0707. The third-order valence-electron chi connectivity index (χ3n) is 2.50. The fourth-order valence-electron chi connectivity index (χ4n) is 1.71. The highest BCUT2D eigenvalue weighted by Crippen LogP contribution is 2.13. The van der Waals surface area contributed by atoms with Crippen LogP contribution in [0.4, 0.5) is 0 Å². The molecule has 0 saturated heterocycles. The molecule has 100 valence electrons. The van der Waals surface area contributed by atoms with Gasteiger partial charge in [-0.2, -0.15) is 0 Å². The molecule has 1 aromatic carbocycles. The Kier molecular flexibility index (Phi) is 6.94. The summed E-state index contributed by atoms with van der Waals surface area (Å²) in [5.41, 5.74) is 1.02. The van der Waals surface area contributed by atoms with Crippen molar-refractivity contribution in [3.63, 3.8) is 0 Å². The zero-order valence-electron chi connectivity index (χ0n) is 10.7. The first-order chi connectivity index (χ1) is 8.47. The van der Waals surface area contributed by atoms with Crippen LogP contribution in [0.3, 0.4) is 0 Å². The maximum atomic E-state index is 11.8. The van der Waals surface area contributed by atoms with Crippen molar-refractivity contribution in [2.24, 2.45) is 5.92 Å². The first kappa shape index (κ1) is 15.7. The van der Waals surface area contributed by atoms with Gasteiger partial charge in [0.05, 0.1) is 6.42 Å². The molecule has 18 heavy (non-hydrogen) atoms. The molecular formula is C14H19Br2NO. The van der Waals surface area contributed by atoms with Crippen LogP contribution in [0.5, 0.6) is 0 Å². The minimum Gasteiger partial charge on any atom is -0.355 e. The normalized spacial score (nSPS) is 12.5. The lowest BCUT2D eigenvalue weighted by atomic mass is 10.1. The Hall–Kier alpha value is -0.350. The summed E-state index contributed by atoms with van der Waals surface area (Å²) in [5, 5.41) is 2.95. The van der Waals surface area contributed by atoms with E-state index in [1.807, 2.05) is 24.3 Å². The Morgan fingerprint density at radius 3 is 2.72 bits per heavy atom. The number of hydrogen-bond donors (Lipinski definition) is 1. The molecule has 0 radical (unpaired) electrons. The van der Waals surface area contributed by atoms with Gasteiger partial charge in [-0.1, -0.05) is 57.8 Å². The van der Waals surface area contributed by atoms with Crippen molar-refractivity contribution in [3.05, 3.63) is 34.3 Å². The molecule has 1 N–H and O–H groups in total. The van der Waals surface area contributed by atoms with Crippen LogP contribution < -0.4 is 5.32 Å². The molecule has 0 spiro atoms. The average molecular weight is 377 g/mol. The highest BCUT2D eigenvalue weighted by atomic mass is 79.9. The Morgan fingerprint density at radius 1 is 1.39 bits per heavy atom. The van der Waals surface area contributed by atoms with E-state index in [1.165, 1.54) is 0 Å². The second-order valence-corrected chi connectivity index (χ2v) is 7.05. The van der Waals surface area contributed by atoms with E-state index in [0.29, 0.717) is 23.7 Å². The molecule has 0 saturated carbocycles. The van der Waals surface area contributed by atoms with Crippen molar-refractivity contribution in [2.75, 3.05) is 6.54 Å². The van der Waals surface area contributed by atoms with Crippen molar-refractivity contribution >= 4 is 37.8 Å². The number of nitrogens with one attached hydrogen (secondary N) is 1. The lowest BCUT2D eigenvalue weighted by molar-refractivity contribution is -0.120. The molecule has 4 heteroatoms. The molecule has 2 nitrogen and oxygen atoms in total. The molecule has 0 fully saturated rings. The topological polar surface area (TPSA) is 29.1 Å². The molecule has 1 amide bonds. The monoisotopic (exact) mass is 375 g/mol. The Bertz CT molecular complexity index is 393. The van der Waals surface area contributed by atoms with Gasteiger partial charge in [-0.05, 0) is 30.0 Å². The van der Waals surface area contributed by atoms with E-state index < -0.39 is 0 Å². The van der Waals surface area contributed by atoms with Crippen molar-refractivity contribution in [3.8, 4) is 0 Å². The maximum absolute atomic E-state index is 11.8. The number of alkyl halides is 1. The predicted molar refractivity (Wildman–Crippen MR) is 83.0 cm³/mol. The fraction of sp³-hybridized carbons (Fsp3) is 0.500. The largest absolute Gasteiger partial charge is 0.355 e. The van der Waals surface area contributed by atoms with Gasteiger partial charge in [0, 0.05) is 15.8 Å². The van der Waals surface area contributed by atoms with Crippen LogP contribution in [0.15, 0.2) is 28.7 Å². The predicted octanol–water partition coefficient (Wildman–Crippen LogP) is 3.92. The van der Waals surface area contributed by atoms with Gasteiger partial charge in [-0.25, -0.2) is 0 Å². The van der Waals surface area contributed by atoms with Gasteiger partial charge in [-0.3, -0.25) is 4.79 Å². The number of hydrogen-bond acceptors (Lipinski definition) is 1. The summed E-state index contributed by atoms with van der Waals surface area (Å²) >= 11 is 6.98. The lowest BCUT2D eigenvalue weighted by Gasteiger charge is -2.13. The number of amides is 1. The highest BCUT2D eigenvalue weighted by molar-refractivity contribution is 9.10.